The Morgan fingerprint density at radius 2 is 1.71 bits per heavy atom. The number of nitrogens with two attached hydrogens (primary N) is 1. The van der Waals surface area contributed by atoms with E-state index in [2.05, 4.69) is 33.0 Å². The van der Waals surface area contributed by atoms with E-state index < -0.39 is 0 Å². The van der Waals surface area contributed by atoms with Gasteiger partial charge in [0, 0.05) is 18.0 Å². The fraction of sp³-hybridized carbons (Fsp3) is 0.944. The predicted molar refractivity (Wildman–Crippen MR) is 85.7 cm³/mol. The number of carbonyl (C=O) groups is 1. The van der Waals surface area contributed by atoms with E-state index in [-0.39, 0.29) is 17.5 Å². The maximum atomic E-state index is 12.5. The lowest BCUT2D eigenvalue weighted by atomic mass is 9.43. The van der Waals surface area contributed by atoms with E-state index in [9.17, 15) is 4.79 Å². The smallest absolute Gasteiger partial charge is 0.221 e. The van der Waals surface area contributed by atoms with Gasteiger partial charge in [0.15, 0.2) is 0 Å². The SMILES string of the molecule is CC(C)C(N)CC(=O)NC12CC3CC(C)(CC(C)(C3)C1)C2. The summed E-state index contributed by atoms with van der Waals surface area (Å²) in [6, 6.07) is -0.0231. The fourth-order valence-electron chi connectivity index (χ4n) is 6.38. The van der Waals surface area contributed by atoms with Crippen LogP contribution in [-0.4, -0.2) is 17.5 Å². The van der Waals surface area contributed by atoms with Gasteiger partial charge in [-0.05, 0) is 61.2 Å². The van der Waals surface area contributed by atoms with Crippen LogP contribution in [-0.2, 0) is 4.79 Å². The van der Waals surface area contributed by atoms with Crippen LogP contribution in [0.15, 0.2) is 0 Å². The monoisotopic (exact) mass is 292 g/mol. The minimum atomic E-state index is -0.0231. The Bertz CT molecular complexity index is 426. The van der Waals surface area contributed by atoms with Crippen LogP contribution in [0.4, 0.5) is 0 Å². The Kier molecular flexibility index (Phi) is 3.44. The summed E-state index contributed by atoms with van der Waals surface area (Å²) in [5.74, 6) is 1.35. The van der Waals surface area contributed by atoms with E-state index in [4.69, 9.17) is 5.73 Å². The van der Waals surface area contributed by atoms with Gasteiger partial charge in [-0.15, -0.1) is 0 Å². The molecule has 4 fully saturated rings. The van der Waals surface area contributed by atoms with Crippen LogP contribution in [0.25, 0.3) is 0 Å². The standard InChI is InChI=1S/C18H32N2O/c1-12(2)14(19)5-15(21)20-18-8-13-6-16(3,10-18)9-17(4,7-13)11-18/h12-14H,5-11,19H2,1-4H3,(H,20,21). The van der Waals surface area contributed by atoms with Gasteiger partial charge in [-0.1, -0.05) is 27.7 Å². The molecule has 3 heteroatoms. The molecule has 0 aromatic rings. The quantitative estimate of drug-likeness (QED) is 0.836. The van der Waals surface area contributed by atoms with Gasteiger partial charge in [0.05, 0.1) is 0 Å². The van der Waals surface area contributed by atoms with E-state index in [1.54, 1.807) is 0 Å². The van der Waals surface area contributed by atoms with Crippen LogP contribution in [0.3, 0.4) is 0 Å². The van der Waals surface area contributed by atoms with Crippen molar-refractivity contribution in [3.8, 4) is 0 Å². The lowest BCUT2D eigenvalue weighted by molar-refractivity contribution is -0.140. The molecule has 4 aliphatic rings. The first-order chi connectivity index (χ1) is 9.63. The van der Waals surface area contributed by atoms with Gasteiger partial charge < -0.3 is 11.1 Å². The molecule has 4 saturated carbocycles. The molecule has 3 nitrogen and oxygen atoms in total. The predicted octanol–water partition coefficient (Wildman–Crippen LogP) is 3.23. The molecule has 3 N–H and O–H groups in total. The maximum absolute atomic E-state index is 12.5. The van der Waals surface area contributed by atoms with Crippen LogP contribution in [0.1, 0.15) is 72.6 Å². The van der Waals surface area contributed by atoms with Crippen molar-refractivity contribution >= 4 is 5.91 Å². The summed E-state index contributed by atoms with van der Waals surface area (Å²) >= 11 is 0. The average molecular weight is 292 g/mol. The van der Waals surface area contributed by atoms with Crippen molar-refractivity contribution in [1.82, 2.24) is 5.32 Å². The second kappa shape index (κ2) is 4.71. The highest BCUT2D eigenvalue weighted by Gasteiger charge is 2.60. The van der Waals surface area contributed by atoms with Gasteiger partial charge in [0.1, 0.15) is 0 Å². The third-order valence-electron chi connectivity index (χ3n) is 6.31. The summed E-state index contributed by atoms with van der Waals surface area (Å²) in [6.45, 7) is 9.06. The summed E-state index contributed by atoms with van der Waals surface area (Å²) < 4.78 is 0. The van der Waals surface area contributed by atoms with Crippen LogP contribution in [0, 0.1) is 22.7 Å². The number of hydrogen-bond donors (Lipinski definition) is 2. The number of amides is 1. The topological polar surface area (TPSA) is 55.1 Å². The Labute approximate surface area is 129 Å². The van der Waals surface area contributed by atoms with Crippen molar-refractivity contribution < 1.29 is 4.79 Å². The molecule has 3 atom stereocenters. The highest BCUT2D eigenvalue weighted by atomic mass is 16.1. The first kappa shape index (κ1) is 15.3. The first-order valence-corrected chi connectivity index (χ1v) is 8.69. The Balaban J connectivity index is 1.72. The molecule has 4 rings (SSSR count). The maximum Gasteiger partial charge on any atom is 0.221 e. The number of carbonyl (C=O) groups excluding carboxylic acids is 1. The third kappa shape index (κ3) is 2.86. The number of hydrogen-bond acceptors (Lipinski definition) is 2. The van der Waals surface area contributed by atoms with Crippen LogP contribution in [0.2, 0.25) is 0 Å². The number of rotatable bonds is 4. The van der Waals surface area contributed by atoms with E-state index in [0.29, 0.717) is 23.2 Å². The highest BCUT2D eigenvalue weighted by Crippen LogP contribution is 2.66. The zero-order chi connectivity index (χ0) is 15.5. The molecular formula is C18H32N2O. The van der Waals surface area contributed by atoms with E-state index in [1.165, 1.54) is 38.5 Å². The van der Waals surface area contributed by atoms with Crippen LogP contribution in [0.5, 0.6) is 0 Å². The molecule has 4 bridgehead atoms. The molecule has 0 aromatic heterocycles. The molecule has 21 heavy (non-hydrogen) atoms. The van der Waals surface area contributed by atoms with Crippen molar-refractivity contribution in [2.75, 3.05) is 0 Å². The summed E-state index contributed by atoms with van der Waals surface area (Å²) in [5.41, 5.74) is 7.03. The third-order valence-corrected chi connectivity index (χ3v) is 6.31. The van der Waals surface area contributed by atoms with Gasteiger partial charge in [-0.25, -0.2) is 0 Å². The molecule has 0 aromatic carbocycles. The molecule has 0 heterocycles. The molecule has 0 aliphatic heterocycles. The van der Waals surface area contributed by atoms with Crippen LogP contribution < -0.4 is 11.1 Å². The summed E-state index contributed by atoms with van der Waals surface area (Å²) in [4.78, 5) is 12.5. The Morgan fingerprint density at radius 3 is 2.19 bits per heavy atom. The van der Waals surface area contributed by atoms with E-state index in [0.717, 1.165) is 5.92 Å². The Morgan fingerprint density at radius 1 is 1.14 bits per heavy atom. The second-order valence-corrected chi connectivity index (χ2v) is 9.57. The van der Waals surface area contributed by atoms with Gasteiger partial charge in [-0.3, -0.25) is 4.79 Å². The highest BCUT2D eigenvalue weighted by molar-refractivity contribution is 5.77. The fourth-order valence-corrected chi connectivity index (χ4v) is 6.38. The first-order valence-electron chi connectivity index (χ1n) is 8.69. The summed E-state index contributed by atoms with van der Waals surface area (Å²) in [5, 5.41) is 3.44. The lowest BCUT2D eigenvalue weighted by Gasteiger charge is -2.65. The number of nitrogens with one attached hydrogen (secondary N) is 1. The zero-order valence-corrected chi connectivity index (χ0v) is 14.2. The minimum absolute atomic E-state index is 0.0231. The molecule has 0 saturated heterocycles. The summed E-state index contributed by atoms with van der Waals surface area (Å²) in [6.07, 6.45) is 8.10. The van der Waals surface area contributed by atoms with E-state index >= 15 is 0 Å². The van der Waals surface area contributed by atoms with Crippen molar-refractivity contribution in [1.29, 1.82) is 0 Å². The average Bonchev–Trinajstić information content (AvgIpc) is 2.21. The molecule has 120 valence electrons. The van der Waals surface area contributed by atoms with Crippen LogP contribution >= 0.6 is 0 Å². The van der Waals surface area contributed by atoms with Crippen molar-refractivity contribution in [2.45, 2.75) is 84.2 Å². The van der Waals surface area contributed by atoms with Crippen molar-refractivity contribution in [3.05, 3.63) is 0 Å². The van der Waals surface area contributed by atoms with Gasteiger partial charge >= 0.3 is 0 Å². The van der Waals surface area contributed by atoms with Crippen molar-refractivity contribution in [2.24, 2.45) is 28.4 Å². The molecule has 4 aliphatic carbocycles. The summed E-state index contributed by atoms with van der Waals surface area (Å²) in [7, 11) is 0. The second-order valence-electron chi connectivity index (χ2n) is 9.57. The largest absolute Gasteiger partial charge is 0.351 e. The van der Waals surface area contributed by atoms with Gasteiger partial charge in [0.25, 0.3) is 0 Å². The molecule has 1 amide bonds. The Hall–Kier alpha value is -0.570. The lowest BCUT2D eigenvalue weighted by Crippen LogP contribution is -2.65. The minimum Gasteiger partial charge on any atom is -0.351 e. The van der Waals surface area contributed by atoms with Gasteiger partial charge in [0.2, 0.25) is 5.91 Å². The molecule has 0 radical (unpaired) electrons. The normalized spacial score (nSPS) is 45.9. The molecule has 3 unspecified atom stereocenters. The van der Waals surface area contributed by atoms with Gasteiger partial charge in [-0.2, -0.15) is 0 Å². The van der Waals surface area contributed by atoms with Crippen molar-refractivity contribution in [3.63, 3.8) is 0 Å². The molecule has 0 spiro atoms. The molecular weight excluding hydrogens is 260 g/mol. The zero-order valence-electron chi connectivity index (χ0n) is 14.2. The van der Waals surface area contributed by atoms with E-state index in [1.807, 2.05) is 0 Å².